The zero-order chi connectivity index (χ0) is 15.8. The Morgan fingerprint density at radius 2 is 2.18 bits per heavy atom. The Morgan fingerprint density at radius 3 is 2.91 bits per heavy atom. The monoisotopic (exact) mass is 315 g/mol. The molecule has 0 radical (unpaired) electrons. The second-order valence-electron chi connectivity index (χ2n) is 4.58. The average Bonchev–Trinajstić information content (AvgIpc) is 3.03. The maximum Gasteiger partial charge on any atom is 0.315 e. The lowest BCUT2D eigenvalue weighted by molar-refractivity contribution is 0.196. The van der Waals surface area contributed by atoms with Gasteiger partial charge in [-0.3, -0.25) is 0 Å². The number of nitrogens with zero attached hydrogens (tertiary/aromatic N) is 1. The lowest BCUT2D eigenvalue weighted by Crippen LogP contribution is -2.36. The fourth-order valence-corrected chi connectivity index (χ4v) is 2.70. The van der Waals surface area contributed by atoms with E-state index < -0.39 is 0 Å². The van der Waals surface area contributed by atoms with Gasteiger partial charge in [0.25, 0.3) is 0 Å². The molecule has 0 atom stereocenters. The van der Waals surface area contributed by atoms with E-state index in [-0.39, 0.29) is 6.03 Å². The van der Waals surface area contributed by atoms with E-state index in [0.29, 0.717) is 24.6 Å². The highest BCUT2D eigenvalue weighted by molar-refractivity contribution is 7.16. The Kier molecular flexibility index (Phi) is 5.95. The van der Waals surface area contributed by atoms with Crippen LogP contribution in [0.1, 0.15) is 10.4 Å². The molecule has 0 unspecified atom stereocenters. The Morgan fingerprint density at radius 1 is 1.32 bits per heavy atom. The molecule has 5 nitrogen and oxygen atoms in total. The van der Waals surface area contributed by atoms with Crippen molar-refractivity contribution in [3.8, 4) is 16.5 Å². The maximum absolute atomic E-state index is 11.6. The van der Waals surface area contributed by atoms with E-state index in [4.69, 9.17) is 10.00 Å². The van der Waals surface area contributed by atoms with Crippen LogP contribution >= 0.6 is 11.3 Å². The highest BCUT2D eigenvalue weighted by atomic mass is 32.1. The number of carbonyl (C=O) groups excluding carboxylic acids is 1. The number of urea groups is 1. The van der Waals surface area contributed by atoms with Crippen molar-refractivity contribution in [1.29, 1.82) is 5.26 Å². The molecule has 0 aliphatic rings. The Bertz CT molecular complexity index is 676. The second-order valence-corrected chi connectivity index (χ2v) is 5.66. The summed E-state index contributed by atoms with van der Waals surface area (Å²) in [6.45, 7) is 1.42. The van der Waals surface area contributed by atoms with Gasteiger partial charge in [-0.2, -0.15) is 5.26 Å². The third kappa shape index (κ3) is 4.58. The van der Waals surface area contributed by atoms with Gasteiger partial charge in [0, 0.05) is 25.1 Å². The van der Waals surface area contributed by atoms with Crippen LogP contribution in [0.5, 0.6) is 0 Å². The van der Waals surface area contributed by atoms with E-state index >= 15 is 0 Å². The number of thiophene rings is 1. The minimum Gasteiger partial charge on any atom is -0.383 e. The SMILES string of the molecule is COCCNC(=O)NCc1cccc(-c2ccc(C#N)s2)c1. The van der Waals surface area contributed by atoms with Crippen LogP contribution in [0.15, 0.2) is 36.4 Å². The van der Waals surface area contributed by atoms with Crippen molar-refractivity contribution < 1.29 is 9.53 Å². The van der Waals surface area contributed by atoms with Crippen LogP contribution in [0.2, 0.25) is 0 Å². The average molecular weight is 315 g/mol. The summed E-state index contributed by atoms with van der Waals surface area (Å²) in [6.07, 6.45) is 0. The molecule has 6 heteroatoms. The largest absolute Gasteiger partial charge is 0.383 e. The van der Waals surface area contributed by atoms with Crippen LogP contribution < -0.4 is 10.6 Å². The highest BCUT2D eigenvalue weighted by Gasteiger charge is 2.04. The van der Waals surface area contributed by atoms with Gasteiger partial charge in [-0.15, -0.1) is 11.3 Å². The minimum atomic E-state index is -0.217. The molecule has 0 spiro atoms. The minimum absolute atomic E-state index is 0.217. The van der Waals surface area contributed by atoms with E-state index in [1.807, 2.05) is 36.4 Å². The van der Waals surface area contributed by atoms with Crippen LogP contribution in [0.3, 0.4) is 0 Å². The van der Waals surface area contributed by atoms with Gasteiger partial charge in [0.15, 0.2) is 0 Å². The second kappa shape index (κ2) is 8.17. The van der Waals surface area contributed by atoms with Crippen molar-refractivity contribution in [2.75, 3.05) is 20.3 Å². The fraction of sp³-hybridized carbons (Fsp3) is 0.250. The maximum atomic E-state index is 11.6. The van der Waals surface area contributed by atoms with Crippen LogP contribution in [-0.4, -0.2) is 26.3 Å². The van der Waals surface area contributed by atoms with Gasteiger partial charge in [0.05, 0.1) is 6.61 Å². The van der Waals surface area contributed by atoms with E-state index in [9.17, 15) is 4.79 Å². The zero-order valence-electron chi connectivity index (χ0n) is 12.3. The topological polar surface area (TPSA) is 74.2 Å². The van der Waals surface area contributed by atoms with Gasteiger partial charge in [0.2, 0.25) is 0 Å². The molecule has 2 N–H and O–H groups in total. The highest BCUT2D eigenvalue weighted by Crippen LogP contribution is 2.28. The first-order valence-corrected chi connectivity index (χ1v) is 7.64. The predicted molar refractivity (Wildman–Crippen MR) is 86.6 cm³/mol. The first-order valence-electron chi connectivity index (χ1n) is 6.83. The molecule has 2 aromatic rings. The number of amides is 2. The van der Waals surface area contributed by atoms with Gasteiger partial charge in [-0.25, -0.2) is 4.79 Å². The molecular weight excluding hydrogens is 298 g/mol. The predicted octanol–water partition coefficient (Wildman–Crippen LogP) is 2.73. The van der Waals surface area contributed by atoms with Gasteiger partial charge in [-0.05, 0) is 29.3 Å². The van der Waals surface area contributed by atoms with Crippen LogP contribution in [0.25, 0.3) is 10.4 Å². The number of carbonyl (C=O) groups is 1. The molecule has 114 valence electrons. The first kappa shape index (κ1) is 16.0. The summed E-state index contributed by atoms with van der Waals surface area (Å²) in [4.78, 5) is 13.3. The lowest BCUT2D eigenvalue weighted by atomic mass is 10.1. The van der Waals surface area contributed by atoms with Crippen LogP contribution in [0.4, 0.5) is 4.79 Å². The molecule has 22 heavy (non-hydrogen) atoms. The fourth-order valence-electron chi connectivity index (χ4n) is 1.90. The van der Waals surface area contributed by atoms with Crippen LogP contribution in [-0.2, 0) is 11.3 Å². The number of ether oxygens (including phenoxy) is 1. The zero-order valence-corrected chi connectivity index (χ0v) is 13.1. The summed E-state index contributed by atoms with van der Waals surface area (Å²) in [5, 5.41) is 14.4. The van der Waals surface area contributed by atoms with Gasteiger partial charge >= 0.3 is 6.03 Å². The first-order chi connectivity index (χ1) is 10.7. The number of hydrogen-bond donors (Lipinski definition) is 2. The molecule has 1 heterocycles. The Balaban J connectivity index is 1.94. The Hall–Kier alpha value is -2.36. The van der Waals surface area contributed by atoms with E-state index in [2.05, 4.69) is 16.7 Å². The molecule has 0 aliphatic carbocycles. The molecule has 2 amide bonds. The number of nitriles is 1. The van der Waals surface area contributed by atoms with Gasteiger partial charge < -0.3 is 15.4 Å². The summed E-state index contributed by atoms with van der Waals surface area (Å²) >= 11 is 1.46. The number of methoxy groups -OCH3 is 1. The summed E-state index contributed by atoms with van der Waals surface area (Å²) in [5.41, 5.74) is 2.05. The number of hydrogen-bond acceptors (Lipinski definition) is 4. The molecule has 1 aromatic carbocycles. The third-order valence-electron chi connectivity index (χ3n) is 2.97. The molecule has 0 aliphatic heterocycles. The van der Waals surface area contributed by atoms with Gasteiger partial charge in [0.1, 0.15) is 10.9 Å². The van der Waals surface area contributed by atoms with Gasteiger partial charge in [-0.1, -0.05) is 18.2 Å². The number of nitrogens with one attached hydrogen (secondary N) is 2. The van der Waals surface area contributed by atoms with Crippen molar-refractivity contribution >= 4 is 17.4 Å². The smallest absolute Gasteiger partial charge is 0.315 e. The van der Waals surface area contributed by atoms with Crippen LogP contribution in [0, 0.1) is 11.3 Å². The molecular formula is C16H17N3O2S. The molecule has 0 saturated heterocycles. The molecule has 0 bridgehead atoms. The van der Waals surface area contributed by atoms with E-state index in [1.165, 1.54) is 11.3 Å². The molecule has 0 fully saturated rings. The summed E-state index contributed by atoms with van der Waals surface area (Å²) in [7, 11) is 1.59. The summed E-state index contributed by atoms with van der Waals surface area (Å²) in [6, 6.07) is 13.6. The third-order valence-corrected chi connectivity index (χ3v) is 4.01. The standard InChI is InChI=1S/C16H17N3O2S/c1-21-8-7-18-16(20)19-11-12-3-2-4-13(9-12)15-6-5-14(10-17)22-15/h2-6,9H,7-8,11H2,1H3,(H2,18,19,20). The van der Waals surface area contributed by atoms with Crippen molar-refractivity contribution in [3.05, 3.63) is 46.8 Å². The molecule has 2 rings (SSSR count). The van der Waals surface area contributed by atoms with E-state index in [1.54, 1.807) is 7.11 Å². The van der Waals surface area contributed by atoms with Crippen molar-refractivity contribution in [2.45, 2.75) is 6.54 Å². The number of benzene rings is 1. The van der Waals surface area contributed by atoms with Crippen molar-refractivity contribution in [2.24, 2.45) is 0 Å². The number of rotatable bonds is 6. The lowest BCUT2D eigenvalue weighted by Gasteiger charge is -2.08. The summed E-state index contributed by atoms with van der Waals surface area (Å²) < 4.78 is 4.87. The summed E-state index contributed by atoms with van der Waals surface area (Å²) in [5.74, 6) is 0. The van der Waals surface area contributed by atoms with E-state index in [0.717, 1.165) is 16.0 Å². The molecule has 0 saturated carbocycles. The van der Waals surface area contributed by atoms with Crippen molar-refractivity contribution in [1.82, 2.24) is 10.6 Å². The Labute approximate surface area is 133 Å². The normalized spacial score (nSPS) is 10.0. The molecule has 1 aromatic heterocycles. The quantitative estimate of drug-likeness (QED) is 0.805. The van der Waals surface area contributed by atoms with Crippen molar-refractivity contribution in [3.63, 3.8) is 0 Å².